The van der Waals surface area contributed by atoms with Crippen LogP contribution in [-0.2, 0) is 4.79 Å². The summed E-state index contributed by atoms with van der Waals surface area (Å²) in [7, 11) is 1.56. The molecule has 0 bridgehead atoms. The van der Waals surface area contributed by atoms with Gasteiger partial charge < -0.3 is 15.0 Å². The highest BCUT2D eigenvalue weighted by molar-refractivity contribution is 6.32. The summed E-state index contributed by atoms with van der Waals surface area (Å²) in [5.74, 6) is 1.25. The quantitative estimate of drug-likeness (QED) is 0.684. The molecule has 0 unspecified atom stereocenters. The fourth-order valence-corrected chi connectivity index (χ4v) is 2.67. The number of methoxy groups -OCH3 is 1. The van der Waals surface area contributed by atoms with Gasteiger partial charge in [-0.1, -0.05) is 11.6 Å². The number of rotatable bonds is 4. The van der Waals surface area contributed by atoms with Crippen molar-refractivity contribution < 1.29 is 9.53 Å². The van der Waals surface area contributed by atoms with Gasteiger partial charge in [0.05, 0.1) is 28.9 Å². The fourth-order valence-electron chi connectivity index (χ4n) is 2.43. The number of imidazole rings is 1. The summed E-state index contributed by atoms with van der Waals surface area (Å²) in [5, 5.41) is 10.3. The lowest BCUT2D eigenvalue weighted by atomic mass is 10.3. The lowest BCUT2D eigenvalue weighted by Crippen LogP contribution is -2.13. The van der Waals surface area contributed by atoms with Crippen LogP contribution >= 0.6 is 11.6 Å². The van der Waals surface area contributed by atoms with Gasteiger partial charge in [-0.2, -0.15) is 5.10 Å². The molecule has 2 heterocycles. The van der Waals surface area contributed by atoms with E-state index in [4.69, 9.17) is 16.3 Å². The number of hydrogen-bond donors (Lipinski definition) is 3. The Balaban J connectivity index is 1.71. The second-order valence-corrected chi connectivity index (χ2v) is 5.91. The van der Waals surface area contributed by atoms with Gasteiger partial charge in [-0.25, -0.2) is 4.98 Å². The normalized spacial score (nSPS) is 14.2. The molecule has 1 saturated carbocycles. The number of carbonyl (C=O) groups is 1. The summed E-state index contributed by atoms with van der Waals surface area (Å²) in [6, 6.07) is 3.51. The Labute approximate surface area is 136 Å². The van der Waals surface area contributed by atoms with Gasteiger partial charge in [-0.3, -0.25) is 9.89 Å². The number of benzene rings is 1. The molecule has 2 aromatic heterocycles. The third-order valence-electron chi connectivity index (χ3n) is 3.83. The highest BCUT2D eigenvalue weighted by Gasteiger charge is 2.30. The number of ether oxygens (including phenoxy) is 1. The molecule has 8 heteroatoms. The van der Waals surface area contributed by atoms with Crippen LogP contribution in [0.25, 0.3) is 22.6 Å². The first-order valence-electron chi connectivity index (χ1n) is 7.24. The molecule has 1 aliphatic rings. The van der Waals surface area contributed by atoms with E-state index in [0.717, 1.165) is 18.4 Å². The number of nitrogens with zero attached hydrogens (tertiary/aromatic N) is 2. The maximum atomic E-state index is 11.9. The second kappa shape index (κ2) is 5.27. The Kier molecular flexibility index (Phi) is 3.23. The van der Waals surface area contributed by atoms with Gasteiger partial charge >= 0.3 is 0 Å². The van der Waals surface area contributed by atoms with Gasteiger partial charge in [0.1, 0.15) is 5.75 Å². The highest BCUT2D eigenvalue weighted by Crippen LogP contribution is 2.33. The average molecular weight is 332 g/mol. The first-order chi connectivity index (χ1) is 11.2. The maximum Gasteiger partial charge on any atom is 0.227 e. The van der Waals surface area contributed by atoms with Crippen molar-refractivity contribution in [3.63, 3.8) is 0 Å². The van der Waals surface area contributed by atoms with Crippen LogP contribution in [0.5, 0.6) is 5.75 Å². The van der Waals surface area contributed by atoms with E-state index in [9.17, 15) is 4.79 Å². The number of fused-ring (bicyclic) bond motifs is 1. The Hall–Kier alpha value is -2.54. The van der Waals surface area contributed by atoms with Crippen molar-refractivity contribution in [2.24, 2.45) is 5.92 Å². The van der Waals surface area contributed by atoms with E-state index in [-0.39, 0.29) is 11.8 Å². The minimum atomic E-state index is 0.0217. The summed E-state index contributed by atoms with van der Waals surface area (Å²) in [4.78, 5) is 19.6. The van der Waals surface area contributed by atoms with Crippen LogP contribution in [0.3, 0.4) is 0 Å². The van der Waals surface area contributed by atoms with Crippen molar-refractivity contribution >= 4 is 34.2 Å². The number of halogens is 1. The molecule has 118 valence electrons. The minimum Gasteiger partial charge on any atom is -0.495 e. The van der Waals surface area contributed by atoms with Gasteiger partial charge in [-0.15, -0.1) is 0 Å². The molecular formula is C15H14ClN5O2. The van der Waals surface area contributed by atoms with E-state index in [0.29, 0.717) is 33.5 Å². The molecule has 3 N–H and O–H groups in total. The van der Waals surface area contributed by atoms with Crippen molar-refractivity contribution in [3.8, 4) is 17.3 Å². The molecule has 23 heavy (non-hydrogen) atoms. The van der Waals surface area contributed by atoms with Crippen molar-refractivity contribution in [3.05, 3.63) is 23.4 Å². The van der Waals surface area contributed by atoms with E-state index < -0.39 is 0 Å². The minimum absolute atomic E-state index is 0.0217. The van der Waals surface area contributed by atoms with Crippen LogP contribution < -0.4 is 10.1 Å². The Morgan fingerprint density at radius 3 is 3.00 bits per heavy atom. The third kappa shape index (κ3) is 2.53. The van der Waals surface area contributed by atoms with E-state index in [2.05, 4.69) is 25.5 Å². The SMILES string of the molecule is COc1cc2nc(-c3n[nH]cc3NC(=O)C3CC3)[nH]c2cc1Cl. The molecule has 7 nitrogen and oxygen atoms in total. The van der Waals surface area contributed by atoms with Crippen LogP contribution in [0.15, 0.2) is 18.3 Å². The second-order valence-electron chi connectivity index (χ2n) is 5.50. The van der Waals surface area contributed by atoms with Gasteiger partial charge in [0.15, 0.2) is 11.5 Å². The van der Waals surface area contributed by atoms with E-state index in [1.54, 1.807) is 25.4 Å². The Morgan fingerprint density at radius 1 is 1.43 bits per heavy atom. The number of H-pyrrole nitrogens is 2. The number of aromatic nitrogens is 4. The van der Waals surface area contributed by atoms with Crippen molar-refractivity contribution in [1.29, 1.82) is 0 Å². The summed E-state index contributed by atoms with van der Waals surface area (Å²) in [6.07, 6.45) is 3.54. The van der Waals surface area contributed by atoms with Gasteiger partial charge in [0.25, 0.3) is 0 Å². The van der Waals surface area contributed by atoms with E-state index >= 15 is 0 Å². The smallest absolute Gasteiger partial charge is 0.227 e. The summed E-state index contributed by atoms with van der Waals surface area (Å²) < 4.78 is 5.20. The molecule has 0 radical (unpaired) electrons. The predicted molar refractivity (Wildman–Crippen MR) is 86.6 cm³/mol. The van der Waals surface area contributed by atoms with Crippen LogP contribution in [0.1, 0.15) is 12.8 Å². The molecule has 1 aromatic carbocycles. The van der Waals surface area contributed by atoms with Crippen LogP contribution in [0, 0.1) is 5.92 Å². The third-order valence-corrected chi connectivity index (χ3v) is 4.12. The van der Waals surface area contributed by atoms with Crippen LogP contribution in [0.4, 0.5) is 5.69 Å². The molecule has 0 spiro atoms. The van der Waals surface area contributed by atoms with Crippen molar-refractivity contribution in [2.45, 2.75) is 12.8 Å². The van der Waals surface area contributed by atoms with Crippen LogP contribution in [-0.4, -0.2) is 33.2 Å². The largest absolute Gasteiger partial charge is 0.495 e. The average Bonchev–Trinajstić information content (AvgIpc) is 3.16. The zero-order chi connectivity index (χ0) is 16.0. The zero-order valence-electron chi connectivity index (χ0n) is 12.3. The number of carbonyl (C=O) groups excluding carboxylic acids is 1. The summed E-state index contributed by atoms with van der Waals surface area (Å²) >= 11 is 6.13. The molecule has 3 aromatic rings. The standard InChI is InChI=1S/C15H14ClN5O2/c1-23-12-5-10-9(4-8(12)16)18-14(19-10)13-11(6-17-21-13)20-15(22)7-2-3-7/h4-7H,2-3H2,1H3,(H,17,21)(H,18,19)(H,20,22). The topological polar surface area (TPSA) is 95.7 Å². The number of aromatic amines is 2. The molecule has 4 rings (SSSR count). The van der Waals surface area contributed by atoms with Gasteiger partial charge in [-0.05, 0) is 18.9 Å². The lowest BCUT2D eigenvalue weighted by Gasteiger charge is -2.02. The molecule has 0 saturated heterocycles. The molecular weight excluding hydrogens is 318 g/mol. The molecule has 1 aliphatic carbocycles. The molecule has 1 amide bonds. The Morgan fingerprint density at radius 2 is 2.26 bits per heavy atom. The highest BCUT2D eigenvalue weighted by atomic mass is 35.5. The fraction of sp³-hybridized carbons (Fsp3) is 0.267. The number of anilines is 1. The Bertz CT molecular complexity index is 897. The maximum absolute atomic E-state index is 11.9. The molecule has 0 aliphatic heterocycles. The van der Waals surface area contributed by atoms with Crippen molar-refractivity contribution in [2.75, 3.05) is 12.4 Å². The number of hydrogen-bond acceptors (Lipinski definition) is 4. The van der Waals surface area contributed by atoms with E-state index in [1.807, 2.05) is 0 Å². The predicted octanol–water partition coefficient (Wildman–Crippen LogP) is 2.96. The van der Waals surface area contributed by atoms with Crippen molar-refractivity contribution in [1.82, 2.24) is 20.2 Å². The molecule has 0 atom stereocenters. The summed E-state index contributed by atoms with van der Waals surface area (Å²) in [5.41, 5.74) is 2.65. The van der Waals surface area contributed by atoms with Crippen LogP contribution in [0.2, 0.25) is 5.02 Å². The zero-order valence-corrected chi connectivity index (χ0v) is 13.1. The first-order valence-corrected chi connectivity index (χ1v) is 7.62. The molecule has 1 fully saturated rings. The van der Waals surface area contributed by atoms with Gasteiger partial charge in [0, 0.05) is 18.2 Å². The monoisotopic (exact) mass is 331 g/mol. The first kappa shape index (κ1) is 14.1. The lowest BCUT2D eigenvalue weighted by molar-refractivity contribution is -0.117. The van der Waals surface area contributed by atoms with E-state index in [1.165, 1.54) is 0 Å². The number of nitrogens with one attached hydrogen (secondary N) is 3. The summed E-state index contributed by atoms with van der Waals surface area (Å²) in [6.45, 7) is 0. The number of amides is 1. The van der Waals surface area contributed by atoms with Gasteiger partial charge in [0.2, 0.25) is 5.91 Å².